The number of hydrogen-bond acceptors (Lipinski definition) is 4. The average molecular weight is 289 g/mol. The third kappa shape index (κ3) is 6.29. The van der Waals surface area contributed by atoms with E-state index >= 15 is 0 Å². The Hall–Kier alpha value is -2.04. The standard InChI is InChI=1S/C16H23N3O2/c20-16(21-13-14-7-2-1-3-8-14)17-11-6-12-18-19-15-9-4-5-10-15/h1-3,7-8,12,15,19H,4-6,9-11,13H2,(H,17,20). The molecule has 1 aromatic rings. The quantitative estimate of drug-likeness (QED) is 0.461. The molecule has 1 aromatic carbocycles. The summed E-state index contributed by atoms with van der Waals surface area (Å²) in [7, 11) is 0. The van der Waals surface area contributed by atoms with Crippen LogP contribution in [0.15, 0.2) is 35.4 Å². The molecule has 0 aliphatic heterocycles. The molecule has 0 atom stereocenters. The second-order valence-electron chi connectivity index (χ2n) is 5.20. The van der Waals surface area contributed by atoms with Crippen molar-refractivity contribution in [2.24, 2.45) is 5.10 Å². The van der Waals surface area contributed by atoms with Gasteiger partial charge in [-0.3, -0.25) is 0 Å². The number of nitrogens with zero attached hydrogens (tertiary/aromatic N) is 1. The van der Waals surface area contributed by atoms with Gasteiger partial charge in [0.1, 0.15) is 6.61 Å². The van der Waals surface area contributed by atoms with Gasteiger partial charge in [-0.1, -0.05) is 43.2 Å². The van der Waals surface area contributed by atoms with Gasteiger partial charge in [0.05, 0.1) is 0 Å². The van der Waals surface area contributed by atoms with Gasteiger partial charge < -0.3 is 15.5 Å². The first-order chi connectivity index (χ1) is 10.3. The van der Waals surface area contributed by atoms with Crippen LogP contribution in [-0.4, -0.2) is 24.9 Å². The molecule has 0 radical (unpaired) electrons. The van der Waals surface area contributed by atoms with Gasteiger partial charge in [0.15, 0.2) is 0 Å². The van der Waals surface area contributed by atoms with Crippen molar-refractivity contribution in [2.45, 2.75) is 44.8 Å². The molecule has 0 heterocycles. The number of nitrogens with one attached hydrogen (secondary N) is 2. The third-order valence-electron chi connectivity index (χ3n) is 3.46. The fourth-order valence-electron chi connectivity index (χ4n) is 2.29. The lowest BCUT2D eigenvalue weighted by Gasteiger charge is -2.07. The fraction of sp³-hybridized carbons (Fsp3) is 0.500. The van der Waals surface area contributed by atoms with E-state index in [0.29, 0.717) is 25.6 Å². The first-order valence-electron chi connectivity index (χ1n) is 7.56. The van der Waals surface area contributed by atoms with Crippen LogP contribution in [0.1, 0.15) is 37.7 Å². The molecular weight excluding hydrogens is 266 g/mol. The molecule has 5 heteroatoms. The molecule has 114 valence electrons. The molecule has 1 aliphatic carbocycles. The van der Waals surface area contributed by atoms with Crippen LogP contribution in [0.4, 0.5) is 4.79 Å². The number of hydrogen-bond donors (Lipinski definition) is 2. The van der Waals surface area contributed by atoms with Gasteiger partial charge >= 0.3 is 6.09 Å². The van der Waals surface area contributed by atoms with Crippen LogP contribution >= 0.6 is 0 Å². The van der Waals surface area contributed by atoms with E-state index < -0.39 is 6.09 Å². The lowest BCUT2D eigenvalue weighted by atomic mass is 10.2. The Bertz CT molecular complexity index is 442. The molecule has 1 aliphatic rings. The monoisotopic (exact) mass is 289 g/mol. The van der Waals surface area contributed by atoms with Gasteiger partial charge in [-0.2, -0.15) is 5.10 Å². The van der Waals surface area contributed by atoms with E-state index in [2.05, 4.69) is 15.8 Å². The fourth-order valence-corrected chi connectivity index (χ4v) is 2.29. The maximum Gasteiger partial charge on any atom is 0.407 e. The summed E-state index contributed by atoms with van der Waals surface area (Å²) >= 11 is 0. The van der Waals surface area contributed by atoms with E-state index in [1.807, 2.05) is 30.3 Å². The topological polar surface area (TPSA) is 62.7 Å². The van der Waals surface area contributed by atoms with Crippen molar-refractivity contribution in [1.82, 2.24) is 10.7 Å². The average Bonchev–Trinajstić information content (AvgIpc) is 3.03. The van der Waals surface area contributed by atoms with Gasteiger partial charge in [-0.25, -0.2) is 4.79 Å². The molecule has 5 nitrogen and oxygen atoms in total. The number of amides is 1. The number of rotatable bonds is 7. The molecule has 0 bridgehead atoms. The largest absolute Gasteiger partial charge is 0.445 e. The van der Waals surface area contributed by atoms with Crippen LogP contribution in [0.5, 0.6) is 0 Å². The Morgan fingerprint density at radius 2 is 2.05 bits per heavy atom. The Morgan fingerprint density at radius 1 is 1.29 bits per heavy atom. The summed E-state index contributed by atoms with van der Waals surface area (Å²) in [5.41, 5.74) is 4.12. The molecule has 1 amide bonds. The van der Waals surface area contributed by atoms with Crippen LogP contribution in [0.25, 0.3) is 0 Å². The highest BCUT2D eigenvalue weighted by atomic mass is 16.5. The minimum Gasteiger partial charge on any atom is -0.445 e. The summed E-state index contributed by atoms with van der Waals surface area (Å²) in [5, 5.41) is 6.88. The van der Waals surface area contributed by atoms with Crippen LogP contribution in [0.3, 0.4) is 0 Å². The number of alkyl carbamates (subject to hydrolysis) is 1. The summed E-state index contributed by atoms with van der Waals surface area (Å²) in [6, 6.07) is 10.2. The molecular formula is C16H23N3O2. The Kier molecular flexibility index (Phi) is 6.58. The Labute approximate surface area is 125 Å². The number of benzene rings is 1. The summed E-state index contributed by atoms with van der Waals surface area (Å²) in [5.74, 6) is 0. The molecule has 2 rings (SSSR count). The van der Waals surface area contributed by atoms with E-state index in [-0.39, 0.29) is 0 Å². The van der Waals surface area contributed by atoms with Gasteiger partial charge in [0.2, 0.25) is 0 Å². The summed E-state index contributed by atoms with van der Waals surface area (Å²) < 4.78 is 5.11. The molecule has 1 saturated carbocycles. The molecule has 21 heavy (non-hydrogen) atoms. The first-order valence-corrected chi connectivity index (χ1v) is 7.56. The number of hydrazone groups is 1. The van der Waals surface area contributed by atoms with E-state index in [9.17, 15) is 4.79 Å². The molecule has 0 spiro atoms. The van der Waals surface area contributed by atoms with Gasteiger partial charge in [-0.05, 0) is 18.4 Å². The van der Waals surface area contributed by atoms with E-state index in [0.717, 1.165) is 5.56 Å². The highest BCUT2D eigenvalue weighted by molar-refractivity contribution is 5.68. The maximum atomic E-state index is 11.5. The van der Waals surface area contributed by atoms with E-state index in [1.54, 1.807) is 6.21 Å². The lowest BCUT2D eigenvalue weighted by Crippen LogP contribution is -2.26. The predicted octanol–water partition coefficient (Wildman–Crippen LogP) is 2.82. The molecule has 1 fully saturated rings. The maximum absolute atomic E-state index is 11.5. The predicted molar refractivity (Wildman–Crippen MR) is 83.1 cm³/mol. The Morgan fingerprint density at radius 3 is 2.81 bits per heavy atom. The van der Waals surface area contributed by atoms with Gasteiger partial charge in [0, 0.05) is 25.2 Å². The zero-order chi connectivity index (χ0) is 14.8. The second-order valence-corrected chi connectivity index (χ2v) is 5.20. The van der Waals surface area contributed by atoms with Crippen LogP contribution in [-0.2, 0) is 11.3 Å². The van der Waals surface area contributed by atoms with Crippen molar-refractivity contribution < 1.29 is 9.53 Å². The molecule has 2 N–H and O–H groups in total. The number of carbonyl (C=O) groups excluding carboxylic acids is 1. The second kappa shape index (κ2) is 9.00. The van der Waals surface area contributed by atoms with E-state index in [4.69, 9.17) is 4.74 Å². The summed E-state index contributed by atoms with van der Waals surface area (Å²) in [6.07, 6.45) is 7.11. The van der Waals surface area contributed by atoms with Crippen LogP contribution in [0, 0.1) is 0 Å². The van der Waals surface area contributed by atoms with Crippen LogP contribution in [0.2, 0.25) is 0 Å². The van der Waals surface area contributed by atoms with Gasteiger partial charge in [0.25, 0.3) is 0 Å². The number of ether oxygens (including phenoxy) is 1. The van der Waals surface area contributed by atoms with Crippen molar-refractivity contribution in [3.8, 4) is 0 Å². The summed E-state index contributed by atoms with van der Waals surface area (Å²) in [6.45, 7) is 0.827. The lowest BCUT2D eigenvalue weighted by molar-refractivity contribution is 0.140. The third-order valence-corrected chi connectivity index (χ3v) is 3.46. The van der Waals surface area contributed by atoms with Crippen LogP contribution < -0.4 is 10.7 Å². The SMILES string of the molecule is O=C(NCCC=NNC1CCCC1)OCc1ccccc1. The highest BCUT2D eigenvalue weighted by Crippen LogP contribution is 2.17. The van der Waals surface area contributed by atoms with Crippen molar-refractivity contribution in [2.75, 3.05) is 6.54 Å². The van der Waals surface area contributed by atoms with Crippen molar-refractivity contribution in [1.29, 1.82) is 0 Å². The van der Waals surface area contributed by atoms with Crippen molar-refractivity contribution in [3.05, 3.63) is 35.9 Å². The molecule has 0 saturated heterocycles. The highest BCUT2D eigenvalue weighted by Gasteiger charge is 2.12. The molecule has 0 aromatic heterocycles. The van der Waals surface area contributed by atoms with Crippen molar-refractivity contribution in [3.63, 3.8) is 0 Å². The minimum absolute atomic E-state index is 0.296. The minimum atomic E-state index is -0.393. The summed E-state index contributed by atoms with van der Waals surface area (Å²) in [4.78, 5) is 11.5. The first kappa shape index (κ1) is 15.4. The van der Waals surface area contributed by atoms with E-state index in [1.165, 1.54) is 25.7 Å². The normalized spacial score (nSPS) is 15.2. The zero-order valence-corrected chi connectivity index (χ0v) is 12.3. The Balaban J connectivity index is 1.50. The molecule has 0 unspecified atom stereocenters. The number of carbonyl (C=O) groups is 1. The smallest absolute Gasteiger partial charge is 0.407 e. The zero-order valence-electron chi connectivity index (χ0n) is 12.3. The van der Waals surface area contributed by atoms with Gasteiger partial charge in [-0.15, -0.1) is 0 Å². The van der Waals surface area contributed by atoms with Crippen molar-refractivity contribution >= 4 is 12.3 Å².